The molecule has 0 fully saturated rings. The summed E-state index contributed by atoms with van der Waals surface area (Å²) in [7, 11) is -3.85. The van der Waals surface area contributed by atoms with Gasteiger partial charge in [0.1, 0.15) is 0 Å². The number of carbonyl (C=O) groups is 1. The van der Waals surface area contributed by atoms with Gasteiger partial charge in [-0.2, -0.15) is 12.8 Å². The van der Waals surface area contributed by atoms with Gasteiger partial charge in [-0.25, -0.2) is 0 Å². The molecule has 0 N–H and O–H groups in total. The van der Waals surface area contributed by atoms with Crippen molar-refractivity contribution in [2.24, 2.45) is 4.40 Å². The minimum absolute atomic E-state index is 0.134. The highest BCUT2D eigenvalue weighted by molar-refractivity contribution is 7.90. The maximum absolute atomic E-state index is 12.7. The van der Waals surface area contributed by atoms with Crippen molar-refractivity contribution in [3.63, 3.8) is 0 Å². The zero-order valence-corrected chi connectivity index (χ0v) is 15.6. The second kappa shape index (κ2) is 6.53. The van der Waals surface area contributed by atoms with Crippen LogP contribution in [-0.2, 0) is 25.2 Å². The van der Waals surface area contributed by atoms with Crippen molar-refractivity contribution in [2.75, 3.05) is 0 Å². The third-order valence-electron chi connectivity index (χ3n) is 4.19. The van der Waals surface area contributed by atoms with Crippen LogP contribution < -0.4 is 0 Å². The van der Waals surface area contributed by atoms with E-state index in [1.165, 1.54) is 19.1 Å². The quantitative estimate of drug-likeness (QED) is 0.776. The molecule has 0 amide bonds. The summed E-state index contributed by atoms with van der Waals surface area (Å²) in [5, 5.41) is 0. The molecule has 0 radical (unpaired) electrons. The highest BCUT2D eigenvalue weighted by atomic mass is 32.2. The van der Waals surface area contributed by atoms with Crippen LogP contribution in [0.15, 0.2) is 70.0 Å². The van der Waals surface area contributed by atoms with Crippen molar-refractivity contribution >= 4 is 21.7 Å². The summed E-state index contributed by atoms with van der Waals surface area (Å²) in [5.74, 6) is -0.417. The van der Waals surface area contributed by atoms with Crippen LogP contribution in [0.3, 0.4) is 0 Å². The number of ether oxygens (including phenoxy) is 1. The van der Waals surface area contributed by atoms with Crippen molar-refractivity contribution in [1.29, 1.82) is 0 Å². The summed E-state index contributed by atoms with van der Waals surface area (Å²) in [6.45, 7) is 4.99. The second-order valence-corrected chi connectivity index (χ2v) is 7.95. The number of benzene rings is 2. The van der Waals surface area contributed by atoms with E-state index in [0.717, 1.165) is 5.56 Å². The Morgan fingerprint density at radius 1 is 1.08 bits per heavy atom. The number of esters is 1. The Labute approximate surface area is 153 Å². The van der Waals surface area contributed by atoms with Gasteiger partial charge in [-0.15, -0.1) is 0 Å². The highest BCUT2D eigenvalue weighted by Crippen LogP contribution is 2.34. The zero-order valence-electron chi connectivity index (χ0n) is 14.8. The first-order valence-corrected chi connectivity index (χ1v) is 9.56. The molecule has 0 saturated heterocycles. The molecular weight excluding hydrogens is 350 g/mol. The predicted molar refractivity (Wildman–Crippen MR) is 99.6 cm³/mol. The predicted octanol–water partition coefficient (Wildman–Crippen LogP) is 3.52. The lowest BCUT2D eigenvalue weighted by atomic mass is 9.84. The Morgan fingerprint density at radius 2 is 1.73 bits per heavy atom. The third-order valence-corrected chi connectivity index (χ3v) is 5.50. The van der Waals surface area contributed by atoms with Crippen molar-refractivity contribution in [1.82, 2.24) is 0 Å². The Balaban J connectivity index is 2.10. The lowest BCUT2D eigenvalue weighted by molar-refractivity contribution is -0.151. The number of nitrogens with zero attached hydrogens (tertiary/aromatic N) is 1. The van der Waals surface area contributed by atoms with E-state index in [-0.39, 0.29) is 4.90 Å². The van der Waals surface area contributed by atoms with E-state index in [4.69, 9.17) is 4.74 Å². The molecule has 2 aromatic carbocycles. The summed E-state index contributed by atoms with van der Waals surface area (Å²) in [6, 6.07) is 13.7. The monoisotopic (exact) mass is 369 g/mol. The van der Waals surface area contributed by atoms with Crippen LogP contribution in [0, 0.1) is 6.92 Å². The molecule has 0 aliphatic heterocycles. The molecule has 134 valence electrons. The van der Waals surface area contributed by atoms with Gasteiger partial charge in [-0.3, -0.25) is 4.79 Å². The summed E-state index contributed by atoms with van der Waals surface area (Å²) < 4.78 is 34.8. The molecular formula is C20H19NO4S. The van der Waals surface area contributed by atoms with E-state index >= 15 is 0 Å². The maximum Gasteiger partial charge on any atom is 0.303 e. The molecule has 1 aliphatic rings. The van der Waals surface area contributed by atoms with Crippen LogP contribution in [0.2, 0.25) is 0 Å². The number of carbonyl (C=O) groups excluding carboxylic acids is 1. The fourth-order valence-electron chi connectivity index (χ4n) is 2.92. The number of hydrogen-bond acceptors (Lipinski definition) is 4. The van der Waals surface area contributed by atoms with E-state index in [2.05, 4.69) is 4.40 Å². The Hall–Kier alpha value is -2.73. The van der Waals surface area contributed by atoms with Crippen LogP contribution in [0.4, 0.5) is 0 Å². The van der Waals surface area contributed by atoms with Gasteiger partial charge in [-0.1, -0.05) is 42.0 Å². The van der Waals surface area contributed by atoms with Gasteiger partial charge in [0.05, 0.1) is 10.6 Å². The molecule has 2 aromatic rings. The number of hydrogen-bond donors (Lipinski definition) is 0. The molecule has 1 aliphatic carbocycles. The number of allylic oxidation sites excluding steroid dienone is 1. The standard InChI is InChI=1S/C20H19NO4S/c1-14-8-10-16(11-9-14)26(23,24)21-19-12-13-20(3,25-15(2)22)18-7-5-4-6-17(18)19/h4-13H,1-3H3/b21-19+. The molecule has 1 atom stereocenters. The summed E-state index contributed by atoms with van der Waals surface area (Å²) in [6.07, 6.45) is 3.23. The topological polar surface area (TPSA) is 72.8 Å². The molecule has 5 nitrogen and oxygen atoms in total. The average Bonchev–Trinajstić information content (AvgIpc) is 2.58. The van der Waals surface area contributed by atoms with Gasteiger partial charge in [0, 0.05) is 18.1 Å². The number of sulfonamides is 1. The Kier molecular flexibility index (Phi) is 4.54. The maximum atomic E-state index is 12.7. The van der Waals surface area contributed by atoms with E-state index in [9.17, 15) is 13.2 Å². The molecule has 0 bridgehead atoms. The smallest absolute Gasteiger partial charge is 0.303 e. The fourth-order valence-corrected chi connectivity index (χ4v) is 3.92. The van der Waals surface area contributed by atoms with Gasteiger partial charge in [0.25, 0.3) is 10.0 Å². The first-order valence-electron chi connectivity index (χ1n) is 8.12. The highest BCUT2D eigenvalue weighted by Gasteiger charge is 2.34. The van der Waals surface area contributed by atoms with Gasteiger partial charge in [-0.05, 0) is 38.1 Å². The van der Waals surface area contributed by atoms with Gasteiger partial charge >= 0.3 is 5.97 Å². The second-order valence-electron chi connectivity index (χ2n) is 6.34. The number of rotatable bonds is 3. The van der Waals surface area contributed by atoms with E-state index in [0.29, 0.717) is 16.8 Å². The van der Waals surface area contributed by atoms with Gasteiger partial charge in [0.15, 0.2) is 5.60 Å². The van der Waals surface area contributed by atoms with Crippen molar-refractivity contribution in [2.45, 2.75) is 31.3 Å². The minimum atomic E-state index is -3.85. The Morgan fingerprint density at radius 3 is 2.38 bits per heavy atom. The zero-order chi connectivity index (χ0) is 18.9. The Bertz CT molecular complexity index is 1020. The third kappa shape index (κ3) is 3.46. The molecule has 1 unspecified atom stereocenters. The molecule has 6 heteroatoms. The summed E-state index contributed by atoms with van der Waals surface area (Å²) in [4.78, 5) is 11.6. The lowest BCUT2D eigenvalue weighted by Crippen LogP contribution is -2.31. The van der Waals surface area contributed by atoms with Crippen LogP contribution >= 0.6 is 0 Å². The molecule has 0 spiro atoms. The fraction of sp³-hybridized carbons (Fsp3) is 0.200. The molecule has 0 saturated carbocycles. The number of fused-ring (bicyclic) bond motifs is 1. The van der Waals surface area contributed by atoms with Crippen molar-refractivity contribution in [3.05, 3.63) is 77.4 Å². The summed E-state index contributed by atoms with van der Waals surface area (Å²) >= 11 is 0. The van der Waals surface area contributed by atoms with Gasteiger partial charge in [0.2, 0.25) is 0 Å². The first-order chi connectivity index (χ1) is 12.2. The normalized spacial score (nSPS) is 20.7. The lowest BCUT2D eigenvalue weighted by Gasteiger charge is -2.31. The minimum Gasteiger partial charge on any atom is -0.450 e. The summed E-state index contributed by atoms with van der Waals surface area (Å²) in [5.41, 5.74) is 1.63. The van der Waals surface area contributed by atoms with Crippen LogP contribution in [0.5, 0.6) is 0 Å². The van der Waals surface area contributed by atoms with Gasteiger partial charge < -0.3 is 4.74 Å². The van der Waals surface area contributed by atoms with Crippen LogP contribution in [-0.4, -0.2) is 20.1 Å². The van der Waals surface area contributed by atoms with Crippen molar-refractivity contribution in [3.8, 4) is 0 Å². The molecule has 3 rings (SSSR count). The molecule has 0 aromatic heterocycles. The SMILES string of the molecule is CC(=O)OC1(C)C=C/C(=N\S(=O)(=O)c2ccc(C)cc2)c2ccccc21. The number of aryl methyl sites for hydroxylation is 1. The van der Waals surface area contributed by atoms with E-state index in [1.54, 1.807) is 49.4 Å². The molecule has 26 heavy (non-hydrogen) atoms. The van der Waals surface area contributed by atoms with Crippen LogP contribution in [0.1, 0.15) is 30.5 Å². The molecule has 0 heterocycles. The van der Waals surface area contributed by atoms with Crippen LogP contribution in [0.25, 0.3) is 0 Å². The first kappa shape index (κ1) is 18.1. The average molecular weight is 369 g/mol. The van der Waals surface area contributed by atoms with E-state index in [1.807, 2.05) is 13.0 Å². The van der Waals surface area contributed by atoms with Crippen molar-refractivity contribution < 1.29 is 17.9 Å². The largest absolute Gasteiger partial charge is 0.450 e. The van der Waals surface area contributed by atoms with E-state index < -0.39 is 21.6 Å².